The molecular weight excluding hydrogens is 408 g/mol. The smallest absolute Gasteiger partial charge is 0.407 e. The van der Waals surface area contributed by atoms with Crippen LogP contribution in [0.15, 0.2) is 66.7 Å². The predicted octanol–water partition coefficient (Wildman–Crippen LogP) is 5.49. The highest BCUT2D eigenvalue weighted by molar-refractivity contribution is 6.31. The molecule has 0 heterocycles. The Kier molecular flexibility index (Phi) is 6.22. The second kappa shape index (κ2) is 9.39. The lowest BCUT2D eigenvalue weighted by atomic mass is 9.98. The number of benzene rings is 3. The van der Waals surface area contributed by atoms with E-state index in [0.717, 1.165) is 0 Å². The molecule has 0 spiro atoms. The van der Waals surface area contributed by atoms with Crippen LogP contribution in [0, 0.1) is 23.2 Å². The van der Waals surface area contributed by atoms with Gasteiger partial charge in [0.05, 0.1) is 16.7 Å². The molecule has 1 aliphatic carbocycles. The number of hydrogen-bond donors (Lipinski definition) is 1. The van der Waals surface area contributed by atoms with Crippen molar-refractivity contribution in [2.75, 3.05) is 13.2 Å². The van der Waals surface area contributed by atoms with Gasteiger partial charge in [0.1, 0.15) is 6.61 Å². The maximum Gasteiger partial charge on any atom is 0.407 e. The zero-order valence-corrected chi connectivity index (χ0v) is 17.4. The predicted molar refractivity (Wildman–Crippen MR) is 121 cm³/mol. The number of nitriles is 1. The number of hydrogen-bond acceptors (Lipinski definition) is 3. The van der Waals surface area contributed by atoms with Crippen LogP contribution in [-0.2, 0) is 4.74 Å². The first-order valence-electron chi connectivity index (χ1n) is 9.94. The molecule has 3 aromatic rings. The molecule has 0 radical (unpaired) electrons. The molecule has 3 aromatic carbocycles. The van der Waals surface area contributed by atoms with Crippen molar-refractivity contribution in [3.8, 4) is 29.0 Å². The second-order valence-electron chi connectivity index (χ2n) is 7.11. The first kappa shape index (κ1) is 20.5. The van der Waals surface area contributed by atoms with Gasteiger partial charge in [-0.15, -0.1) is 0 Å². The standard InChI is InChI=1S/C26H19ClN2O2/c27-25-13-12-18(16-28)15-19(25)7-5-6-14-29-26(30)31-17-24-22-10-3-1-8-20(22)21-9-2-4-11-23(21)24/h1-4,8-13,15,24H,6,14,17H2,(H,29,30). The maximum atomic E-state index is 12.2. The molecule has 31 heavy (non-hydrogen) atoms. The van der Waals surface area contributed by atoms with E-state index in [4.69, 9.17) is 21.6 Å². The number of carbonyl (C=O) groups is 1. The number of alkyl carbamates (subject to hydrolysis) is 1. The zero-order chi connectivity index (χ0) is 21.6. The van der Waals surface area contributed by atoms with Crippen molar-refractivity contribution >= 4 is 17.7 Å². The Hall–Kier alpha value is -3.73. The molecular formula is C26H19ClN2O2. The van der Waals surface area contributed by atoms with E-state index in [1.807, 2.05) is 24.3 Å². The Labute approximate surface area is 186 Å². The highest BCUT2D eigenvalue weighted by Gasteiger charge is 2.28. The summed E-state index contributed by atoms with van der Waals surface area (Å²) in [6.45, 7) is 0.640. The Morgan fingerprint density at radius 1 is 1.03 bits per heavy atom. The summed E-state index contributed by atoms with van der Waals surface area (Å²) >= 11 is 6.09. The summed E-state index contributed by atoms with van der Waals surface area (Å²) < 4.78 is 5.50. The van der Waals surface area contributed by atoms with Gasteiger partial charge in [0.25, 0.3) is 0 Å². The molecule has 1 N–H and O–H groups in total. The van der Waals surface area contributed by atoms with Crippen LogP contribution in [0.25, 0.3) is 11.1 Å². The summed E-state index contributed by atoms with van der Waals surface area (Å²) in [5, 5.41) is 12.2. The molecule has 0 saturated heterocycles. The average Bonchev–Trinajstić information content (AvgIpc) is 3.12. The van der Waals surface area contributed by atoms with Gasteiger partial charge < -0.3 is 10.1 Å². The van der Waals surface area contributed by atoms with Crippen LogP contribution in [0.2, 0.25) is 5.02 Å². The Balaban J connectivity index is 1.30. The molecule has 0 fully saturated rings. The number of fused-ring (bicyclic) bond motifs is 3. The van der Waals surface area contributed by atoms with Crippen molar-refractivity contribution < 1.29 is 9.53 Å². The SMILES string of the molecule is N#Cc1ccc(Cl)c(C#CCCNC(=O)OCC2c3ccccc3-c3ccccc32)c1. The minimum atomic E-state index is -0.465. The van der Waals surface area contributed by atoms with E-state index in [-0.39, 0.29) is 12.5 Å². The van der Waals surface area contributed by atoms with Gasteiger partial charge in [-0.1, -0.05) is 72.0 Å². The Bertz CT molecular complexity index is 1190. The summed E-state index contributed by atoms with van der Waals surface area (Å²) in [6.07, 6.45) is -0.0229. The summed E-state index contributed by atoms with van der Waals surface area (Å²) in [4.78, 5) is 12.2. The number of ether oxygens (including phenoxy) is 1. The van der Waals surface area contributed by atoms with Crippen LogP contribution in [-0.4, -0.2) is 19.2 Å². The lowest BCUT2D eigenvalue weighted by Crippen LogP contribution is -2.26. The van der Waals surface area contributed by atoms with E-state index >= 15 is 0 Å². The van der Waals surface area contributed by atoms with Crippen molar-refractivity contribution in [2.45, 2.75) is 12.3 Å². The van der Waals surface area contributed by atoms with E-state index in [2.05, 4.69) is 47.5 Å². The minimum absolute atomic E-state index is 0.0347. The van der Waals surface area contributed by atoms with Crippen LogP contribution in [0.3, 0.4) is 0 Å². The summed E-state index contributed by atoms with van der Waals surface area (Å²) in [5.41, 5.74) is 5.85. The molecule has 4 nitrogen and oxygen atoms in total. The van der Waals surface area contributed by atoms with Gasteiger partial charge in [0, 0.05) is 24.4 Å². The number of amides is 1. The van der Waals surface area contributed by atoms with Crippen molar-refractivity contribution in [1.82, 2.24) is 5.32 Å². The van der Waals surface area contributed by atoms with Gasteiger partial charge in [0.15, 0.2) is 0 Å². The van der Waals surface area contributed by atoms with Crippen LogP contribution >= 0.6 is 11.6 Å². The maximum absolute atomic E-state index is 12.2. The second-order valence-corrected chi connectivity index (χ2v) is 7.52. The monoisotopic (exact) mass is 426 g/mol. The first-order valence-corrected chi connectivity index (χ1v) is 10.3. The van der Waals surface area contributed by atoms with Gasteiger partial charge in [-0.3, -0.25) is 0 Å². The van der Waals surface area contributed by atoms with E-state index in [9.17, 15) is 4.79 Å². The first-order chi connectivity index (χ1) is 15.2. The Morgan fingerprint density at radius 3 is 2.39 bits per heavy atom. The molecule has 5 heteroatoms. The molecule has 0 saturated carbocycles. The van der Waals surface area contributed by atoms with E-state index in [1.54, 1.807) is 18.2 Å². The molecule has 4 rings (SSSR count). The summed E-state index contributed by atoms with van der Waals surface area (Å²) in [5.74, 6) is 5.93. The molecule has 0 aromatic heterocycles. The minimum Gasteiger partial charge on any atom is -0.449 e. The lowest BCUT2D eigenvalue weighted by molar-refractivity contribution is 0.143. The van der Waals surface area contributed by atoms with Crippen LogP contribution in [0.4, 0.5) is 4.79 Å². The highest BCUT2D eigenvalue weighted by atomic mass is 35.5. The molecule has 0 atom stereocenters. The Morgan fingerprint density at radius 2 is 1.71 bits per heavy atom. The molecule has 0 aliphatic heterocycles. The lowest BCUT2D eigenvalue weighted by Gasteiger charge is -2.14. The van der Waals surface area contributed by atoms with Gasteiger partial charge in [-0.05, 0) is 40.5 Å². The fraction of sp³-hybridized carbons (Fsp3) is 0.154. The number of halogens is 1. The van der Waals surface area contributed by atoms with E-state index in [1.165, 1.54) is 22.3 Å². The summed E-state index contributed by atoms with van der Waals surface area (Å²) in [6, 6.07) is 23.4. The molecule has 1 amide bonds. The number of nitrogens with zero attached hydrogens (tertiary/aromatic N) is 1. The van der Waals surface area contributed by atoms with E-state index in [0.29, 0.717) is 29.1 Å². The molecule has 1 aliphatic rings. The fourth-order valence-electron chi connectivity index (χ4n) is 3.72. The number of rotatable bonds is 4. The van der Waals surface area contributed by atoms with Crippen molar-refractivity contribution in [3.63, 3.8) is 0 Å². The van der Waals surface area contributed by atoms with Gasteiger partial charge in [-0.2, -0.15) is 5.26 Å². The zero-order valence-electron chi connectivity index (χ0n) is 16.7. The van der Waals surface area contributed by atoms with Gasteiger partial charge >= 0.3 is 6.09 Å². The van der Waals surface area contributed by atoms with Crippen LogP contribution in [0.1, 0.15) is 34.6 Å². The third kappa shape index (κ3) is 4.56. The fourth-order valence-corrected chi connectivity index (χ4v) is 3.89. The van der Waals surface area contributed by atoms with Crippen LogP contribution in [0.5, 0.6) is 0 Å². The summed E-state index contributed by atoms with van der Waals surface area (Å²) in [7, 11) is 0. The van der Waals surface area contributed by atoms with Gasteiger partial charge in [0.2, 0.25) is 0 Å². The topological polar surface area (TPSA) is 62.1 Å². The largest absolute Gasteiger partial charge is 0.449 e. The quantitative estimate of drug-likeness (QED) is 0.443. The normalized spacial score (nSPS) is 11.5. The number of carbonyl (C=O) groups excluding carboxylic acids is 1. The molecule has 152 valence electrons. The van der Waals surface area contributed by atoms with Crippen molar-refractivity contribution in [1.29, 1.82) is 5.26 Å². The third-order valence-corrected chi connectivity index (χ3v) is 5.51. The third-order valence-electron chi connectivity index (χ3n) is 5.18. The highest BCUT2D eigenvalue weighted by Crippen LogP contribution is 2.44. The average molecular weight is 427 g/mol. The number of nitrogens with one attached hydrogen (secondary N) is 1. The van der Waals surface area contributed by atoms with E-state index < -0.39 is 6.09 Å². The van der Waals surface area contributed by atoms with Gasteiger partial charge in [-0.25, -0.2) is 4.79 Å². The van der Waals surface area contributed by atoms with Crippen molar-refractivity contribution in [3.05, 3.63) is 94.0 Å². The molecule has 0 bridgehead atoms. The van der Waals surface area contributed by atoms with Crippen LogP contribution < -0.4 is 5.32 Å². The van der Waals surface area contributed by atoms with Crippen molar-refractivity contribution in [2.24, 2.45) is 0 Å². The molecule has 0 unspecified atom stereocenters.